The van der Waals surface area contributed by atoms with E-state index in [1.165, 1.54) is 0 Å². The van der Waals surface area contributed by atoms with Crippen molar-refractivity contribution in [3.63, 3.8) is 0 Å². The summed E-state index contributed by atoms with van der Waals surface area (Å²) in [5.41, 5.74) is 5.53. The lowest BCUT2D eigenvalue weighted by Crippen LogP contribution is -2.23. The average Bonchev–Trinajstić information content (AvgIpc) is 2.11. The molecule has 0 spiro atoms. The number of hydrogen-bond donors (Lipinski definition) is 3. The molecule has 0 unspecified atom stereocenters. The molecule has 0 saturated heterocycles. The summed E-state index contributed by atoms with van der Waals surface area (Å²) in [6.45, 7) is 0.220. The van der Waals surface area contributed by atoms with E-state index in [1.54, 1.807) is 0 Å². The third kappa shape index (κ3) is 4.28. The lowest BCUT2D eigenvalue weighted by Gasteiger charge is -2.06. The average molecular weight is 201 g/mol. The zero-order chi connectivity index (χ0) is 10.3. The first-order chi connectivity index (χ1) is 6.13. The molecule has 13 heavy (non-hydrogen) atoms. The Morgan fingerprint density at radius 1 is 1.77 bits per heavy atom. The van der Waals surface area contributed by atoms with Crippen LogP contribution < -0.4 is 11.1 Å². The quantitative estimate of drug-likeness (QED) is 0.252. The van der Waals surface area contributed by atoms with E-state index >= 15 is 0 Å². The maximum Gasteiger partial charge on any atom is 0.333 e. The zero-order valence-electron chi connectivity index (χ0n) is 6.99. The maximum atomic E-state index is 10.3. The fourth-order valence-electron chi connectivity index (χ4n) is 0.687. The molecule has 0 aliphatic carbocycles. The van der Waals surface area contributed by atoms with Gasteiger partial charge < -0.3 is 15.4 Å². The standard InChI is InChI=1S/C7H11N3O2S/c1-2-4-9-6(3-5-13)7(8)10(11)12/h1,9,13H,3-5,8H2. The first-order valence-corrected chi connectivity index (χ1v) is 4.18. The summed E-state index contributed by atoms with van der Waals surface area (Å²) in [6, 6.07) is 0. The Bertz CT molecular complexity index is 257. The van der Waals surface area contributed by atoms with Crippen LogP contribution in [0.4, 0.5) is 0 Å². The van der Waals surface area contributed by atoms with Crippen LogP contribution in [0.3, 0.4) is 0 Å². The molecule has 0 aromatic heterocycles. The smallest absolute Gasteiger partial charge is 0.333 e. The van der Waals surface area contributed by atoms with Crippen molar-refractivity contribution >= 4 is 12.6 Å². The molecule has 0 amide bonds. The van der Waals surface area contributed by atoms with Gasteiger partial charge in [0, 0.05) is 6.42 Å². The van der Waals surface area contributed by atoms with Gasteiger partial charge in [0.15, 0.2) is 0 Å². The highest BCUT2D eigenvalue weighted by Crippen LogP contribution is 2.02. The Kier molecular flexibility index (Phi) is 5.55. The topological polar surface area (TPSA) is 81.2 Å². The summed E-state index contributed by atoms with van der Waals surface area (Å²) in [5, 5.41) is 13.0. The second-order valence-corrected chi connectivity index (χ2v) is 2.60. The van der Waals surface area contributed by atoms with E-state index in [4.69, 9.17) is 12.2 Å². The van der Waals surface area contributed by atoms with Gasteiger partial charge in [0.2, 0.25) is 0 Å². The molecule has 0 atom stereocenters. The number of allylic oxidation sites excluding steroid dienone is 1. The fourth-order valence-corrected chi connectivity index (χ4v) is 0.910. The van der Waals surface area contributed by atoms with E-state index in [2.05, 4.69) is 23.9 Å². The summed E-state index contributed by atoms with van der Waals surface area (Å²) in [4.78, 5) is 9.63. The molecule has 72 valence electrons. The minimum Gasteiger partial charge on any atom is -0.371 e. The summed E-state index contributed by atoms with van der Waals surface area (Å²) in [7, 11) is 0. The molecule has 0 aliphatic rings. The maximum absolute atomic E-state index is 10.3. The molecule has 6 heteroatoms. The van der Waals surface area contributed by atoms with Crippen LogP contribution in [0.15, 0.2) is 11.5 Å². The molecule has 0 bridgehead atoms. The van der Waals surface area contributed by atoms with Gasteiger partial charge in [0.1, 0.15) is 5.70 Å². The van der Waals surface area contributed by atoms with Crippen molar-refractivity contribution in [1.29, 1.82) is 0 Å². The number of nitrogens with zero attached hydrogens (tertiary/aromatic N) is 1. The van der Waals surface area contributed by atoms with E-state index in [0.717, 1.165) is 0 Å². The Morgan fingerprint density at radius 2 is 2.38 bits per heavy atom. The number of nitrogens with two attached hydrogens (primary N) is 1. The van der Waals surface area contributed by atoms with Crippen molar-refractivity contribution in [2.24, 2.45) is 5.73 Å². The van der Waals surface area contributed by atoms with Gasteiger partial charge in [-0.15, -0.1) is 6.42 Å². The van der Waals surface area contributed by atoms with Crippen LogP contribution in [-0.2, 0) is 0 Å². The van der Waals surface area contributed by atoms with E-state index in [9.17, 15) is 10.1 Å². The molecule has 0 aromatic rings. The van der Waals surface area contributed by atoms with Gasteiger partial charge >= 0.3 is 5.82 Å². The Hall–Kier alpha value is -1.35. The first-order valence-electron chi connectivity index (χ1n) is 3.54. The van der Waals surface area contributed by atoms with Crippen LogP contribution in [0.25, 0.3) is 0 Å². The van der Waals surface area contributed by atoms with Crippen molar-refractivity contribution < 1.29 is 4.92 Å². The highest BCUT2D eigenvalue weighted by molar-refractivity contribution is 7.80. The fraction of sp³-hybridized carbons (Fsp3) is 0.429. The molecule has 0 heterocycles. The molecule has 0 radical (unpaired) electrons. The van der Waals surface area contributed by atoms with Gasteiger partial charge in [-0.1, -0.05) is 5.92 Å². The predicted molar refractivity (Wildman–Crippen MR) is 53.5 cm³/mol. The second kappa shape index (κ2) is 6.20. The predicted octanol–water partition coefficient (Wildman–Crippen LogP) is -0.0664. The Morgan fingerprint density at radius 3 is 2.77 bits per heavy atom. The molecule has 5 nitrogen and oxygen atoms in total. The number of terminal acetylenes is 1. The van der Waals surface area contributed by atoms with Crippen LogP contribution in [0, 0.1) is 22.5 Å². The molecule has 0 aromatic carbocycles. The zero-order valence-corrected chi connectivity index (χ0v) is 7.88. The van der Waals surface area contributed by atoms with Crippen LogP contribution in [-0.4, -0.2) is 17.2 Å². The monoisotopic (exact) mass is 201 g/mol. The number of thiol groups is 1. The third-order valence-corrected chi connectivity index (χ3v) is 1.50. The van der Waals surface area contributed by atoms with Crippen molar-refractivity contribution in [3.05, 3.63) is 21.6 Å². The van der Waals surface area contributed by atoms with Crippen LogP contribution >= 0.6 is 12.6 Å². The lowest BCUT2D eigenvalue weighted by atomic mass is 10.3. The van der Waals surface area contributed by atoms with Gasteiger partial charge in [0.05, 0.1) is 6.54 Å². The van der Waals surface area contributed by atoms with E-state index < -0.39 is 10.7 Å². The number of nitrogens with one attached hydrogen (secondary N) is 1. The van der Waals surface area contributed by atoms with Gasteiger partial charge in [0.25, 0.3) is 0 Å². The molecule has 0 rings (SSSR count). The normalized spacial score (nSPS) is 11.4. The molecular weight excluding hydrogens is 190 g/mol. The summed E-state index contributed by atoms with van der Waals surface area (Å²) in [6.07, 6.45) is 5.38. The number of rotatable bonds is 5. The van der Waals surface area contributed by atoms with Gasteiger partial charge in [-0.2, -0.15) is 12.6 Å². The second-order valence-electron chi connectivity index (χ2n) is 2.15. The SMILES string of the molecule is C#CCNC(CCS)=C(N)[N+](=O)[O-]. The molecule has 0 aliphatic heterocycles. The highest BCUT2D eigenvalue weighted by atomic mass is 32.1. The summed E-state index contributed by atoms with van der Waals surface area (Å²) < 4.78 is 0. The minimum atomic E-state index is -0.651. The van der Waals surface area contributed by atoms with Gasteiger partial charge in [-0.05, 0) is 10.7 Å². The number of hydrogen-bond acceptors (Lipinski definition) is 5. The van der Waals surface area contributed by atoms with Crippen molar-refractivity contribution in [2.75, 3.05) is 12.3 Å². The molecule has 0 saturated carbocycles. The van der Waals surface area contributed by atoms with E-state index in [0.29, 0.717) is 17.9 Å². The largest absolute Gasteiger partial charge is 0.371 e. The van der Waals surface area contributed by atoms with Crippen molar-refractivity contribution in [3.8, 4) is 12.3 Å². The molecular formula is C7H11N3O2S. The first kappa shape index (κ1) is 11.6. The molecule has 3 N–H and O–H groups in total. The number of nitro groups is 1. The highest BCUT2D eigenvalue weighted by Gasteiger charge is 2.09. The lowest BCUT2D eigenvalue weighted by molar-refractivity contribution is -0.428. The Labute approximate surface area is 81.9 Å². The van der Waals surface area contributed by atoms with Crippen LogP contribution in [0.5, 0.6) is 0 Å². The molecule has 0 fully saturated rings. The van der Waals surface area contributed by atoms with Crippen molar-refractivity contribution in [1.82, 2.24) is 5.32 Å². The van der Waals surface area contributed by atoms with Crippen molar-refractivity contribution in [2.45, 2.75) is 6.42 Å². The Balaban J connectivity index is 4.48. The van der Waals surface area contributed by atoms with Gasteiger partial charge in [-0.3, -0.25) is 5.73 Å². The van der Waals surface area contributed by atoms with E-state index in [-0.39, 0.29) is 6.54 Å². The van der Waals surface area contributed by atoms with Crippen LogP contribution in [0.2, 0.25) is 0 Å². The third-order valence-electron chi connectivity index (χ3n) is 1.27. The van der Waals surface area contributed by atoms with Gasteiger partial charge in [-0.25, -0.2) is 0 Å². The summed E-state index contributed by atoms with van der Waals surface area (Å²) >= 11 is 3.94. The minimum absolute atomic E-state index is 0.220. The van der Waals surface area contributed by atoms with Crippen LogP contribution in [0.1, 0.15) is 6.42 Å². The summed E-state index contributed by atoms with van der Waals surface area (Å²) in [5.74, 6) is 2.38. The van der Waals surface area contributed by atoms with E-state index in [1.807, 2.05) is 0 Å².